The maximum atomic E-state index is 13.4. The van der Waals surface area contributed by atoms with Crippen LogP contribution in [0.3, 0.4) is 0 Å². The molecule has 1 unspecified atom stereocenters. The Morgan fingerprint density at radius 3 is 2.24 bits per heavy atom. The van der Waals surface area contributed by atoms with E-state index in [-0.39, 0.29) is 11.2 Å². The molecule has 3 nitrogen and oxygen atoms in total. The molecule has 1 aromatic carbocycles. The molecule has 4 heteroatoms. The molecule has 0 fully saturated rings. The molecule has 0 spiro atoms. The van der Waals surface area contributed by atoms with Gasteiger partial charge in [0.25, 0.3) is 0 Å². The van der Waals surface area contributed by atoms with E-state index in [2.05, 4.69) is 46.5 Å². The molecule has 1 atom stereocenters. The van der Waals surface area contributed by atoms with Crippen molar-refractivity contribution in [3.05, 3.63) is 78.1 Å². The first-order valence-corrected chi connectivity index (χ1v) is 10.5. The summed E-state index contributed by atoms with van der Waals surface area (Å²) in [6, 6.07) is 11.9. The Kier molecular flexibility index (Phi) is 7.74. The Balaban J connectivity index is 2.51. The van der Waals surface area contributed by atoms with E-state index >= 15 is 0 Å². The smallest absolute Gasteiger partial charge is 0.237 e. The molecular formula is C25H32N2OS. The second kappa shape index (κ2) is 9.84. The van der Waals surface area contributed by atoms with Crippen LogP contribution in [0.2, 0.25) is 0 Å². The fraction of sp³-hybridized carbons (Fsp3) is 0.360. The van der Waals surface area contributed by atoms with Crippen molar-refractivity contribution in [1.29, 1.82) is 0 Å². The molecule has 0 aliphatic rings. The summed E-state index contributed by atoms with van der Waals surface area (Å²) in [4.78, 5) is 0.411. The van der Waals surface area contributed by atoms with Crippen molar-refractivity contribution in [3.8, 4) is 0 Å². The molecule has 1 heterocycles. The highest BCUT2D eigenvalue weighted by Crippen LogP contribution is 2.23. The quantitative estimate of drug-likeness (QED) is 0.240. The fourth-order valence-corrected chi connectivity index (χ4v) is 3.28. The first kappa shape index (κ1) is 22.8. The standard InChI is InChI=1S/C25H32N2OS/c1-7-15-26-24(29)22(27-16-13-21(14-17-27)25(4,5)6)23(28)20-11-9-19(10-12-20)18(3)8-2/h7,9-14,16-18H,1,8,15H2,2-6H3,(H-,26,28,29). The van der Waals surface area contributed by atoms with E-state index in [1.165, 1.54) is 11.1 Å². The number of nitrogens with zero attached hydrogens (tertiary/aromatic N) is 1. The number of aromatic nitrogens is 1. The maximum Gasteiger partial charge on any atom is 0.237 e. The van der Waals surface area contributed by atoms with Gasteiger partial charge in [-0.2, -0.15) is 4.57 Å². The van der Waals surface area contributed by atoms with Gasteiger partial charge < -0.3 is 10.4 Å². The maximum absolute atomic E-state index is 13.4. The van der Waals surface area contributed by atoms with Crippen LogP contribution in [0.15, 0.2) is 61.4 Å². The van der Waals surface area contributed by atoms with Crippen LogP contribution in [0, 0.1) is 0 Å². The third kappa shape index (κ3) is 5.77. The zero-order valence-corrected chi connectivity index (χ0v) is 19.0. The number of pyridine rings is 1. The number of hydrogen-bond donors (Lipinski definition) is 1. The van der Waals surface area contributed by atoms with Crippen molar-refractivity contribution in [2.45, 2.75) is 52.4 Å². The van der Waals surface area contributed by atoms with Crippen molar-refractivity contribution in [3.63, 3.8) is 0 Å². The molecule has 0 bridgehead atoms. The van der Waals surface area contributed by atoms with Crippen molar-refractivity contribution in [2.24, 2.45) is 0 Å². The molecule has 154 valence electrons. The van der Waals surface area contributed by atoms with Gasteiger partial charge in [-0.1, -0.05) is 77.2 Å². The highest BCUT2D eigenvalue weighted by molar-refractivity contribution is 7.81. The van der Waals surface area contributed by atoms with Crippen LogP contribution in [0.5, 0.6) is 0 Å². The minimum Gasteiger partial charge on any atom is -0.867 e. The zero-order valence-electron chi connectivity index (χ0n) is 18.2. The summed E-state index contributed by atoms with van der Waals surface area (Å²) in [6.45, 7) is 15.1. The Labute approximate surface area is 180 Å². The largest absolute Gasteiger partial charge is 0.867 e. The first-order valence-electron chi connectivity index (χ1n) is 10.1. The number of nitrogens with one attached hydrogen (secondary N) is 1. The number of thiocarbonyl (C=S) groups is 1. The predicted octanol–water partition coefficient (Wildman–Crippen LogP) is 4.57. The molecule has 0 amide bonds. The lowest BCUT2D eigenvalue weighted by atomic mass is 9.88. The third-order valence-electron chi connectivity index (χ3n) is 5.15. The van der Waals surface area contributed by atoms with Crippen molar-refractivity contribution >= 4 is 28.7 Å². The van der Waals surface area contributed by atoms with Crippen LogP contribution in [-0.2, 0) is 5.41 Å². The molecule has 2 aromatic rings. The first-order chi connectivity index (χ1) is 13.7. The average molecular weight is 409 g/mol. The lowest BCUT2D eigenvalue weighted by Gasteiger charge is -2.20. The van der Waals surface area contributed by atoms with Crippen LogP contribution < -0.4 is 15.0 Å². The van der Waals surface area contributed by atoms with E-state index in [0.29, 0.717) is 28.7 Å². The highest BCUT2D eigenvalue weighted by atomic mass is 32.1. The van der Waals surface area contributed by atoms with E-state index < -0.39 is 0 Å². The van der Waals surface area contributed by atoms with Gasteiger partial charge in [-0.3, -0.25) is 0 Å². The van der Waals surface area contributed by atoms with Gasteiger partial charge in [0.05, 0.1) is 0 Å². The van der Waals surface area contributed by atoms with E-state index in [9.17, 15) is 5.11 Å². The van der Waals surface area contributed by atoms with Gasteiger partial charge >= 0.3 is 0 Å². The van der Waals surface area contributed by atoms with E-state index in [4.69, 9.17) is 12.2 Å². The van der Waals surface area contributed by atoms with Crippen LogP contribution in [0.25, 0.3) is 11.5 Å². The van der Waals surface area contributed by atoms with Crippen molar-refractivity contribution in [2.75, 3.05) is 6.54 Å². The molecule has 0 saturated carbocycles. The minimum absolute atomic E-state index is 0.0384. The molecule has 29 heavy (non-hydrogen) atoms. The molecule has 0 radical (unpaired) electrons. The number of benzene rings is 1. The van der Waals surface area contributed by atoms with Gasteiger partial charge in [0.1, 0.15) is 0 Å². The van der Waals surface area contributed by atoms with Crippen LogP contribution in [-0.4, -0.2) is 11.5 Å². The van der Waals surface area contributed by atoms with Crippen LogP contribution >= 0.6 is 12.2 Å². The second-order valence-corrected chi connectivity index (χ2v) is 8.76. The fourth-order valence-electron chi connectivity index (χ4n) is 3.00. The van der Waals surface area contributed by atoms with Gasteiger partial charge in [-0.15, -0.1) is 6.58 Å². The van der Waals surface area contributed by atoms with E-state index in [1.807, 2.05) is 48.8 Å². The Bertz CT molecular complexity index is 875. The molecule has 2 rings (SSSR count). The lowest BCUT2D eigenvalue weighted by molar-refractivity contribution is -0.578. The van der Waals surface area contributed by atoms with Crippen LogP contribution in [0.1, 0.15) is 63.6 Å². The summed E-state index contributed by atoms with van der Waals surface area (Å²) in [5.41, 5.74) is 3.54. The lowest BCUT2D eigenvalue weighted by Crippen LogP contribution is -2.42. The summed E-state index contributed by atoms with van der Waals surface area (Å²) < 4.78 is 1.80. The van der Waals surface area contributed by atoms with E-state index in [0.717, 1.165) is 6.42 Å². The summed E-state index contributed by atoms with van der Waals surface area (Å²) in [7, 11) is 0. The normalized spacial score (nSPS) is 13.4. The zero-order chi connectivity index (χ0) is 21.6. The van der Waals surface area contributed by atoms with Gasteiger partial charge in [0.2, 0.25) is 5.70 Å². The predicted molar refractivity (Wildman–Crippen MR) is 124 cm³/mol. The summed E-state index contributed by atoms with van der Waals surface area (Å²) in [6.07, 6.45) is 6.60. The summed E-state index contributed by atoms with van der Waals surface area (Å²) >= 11 is 5.55. The number of rotatable bonds is 7. The topological polar surface area (TPSA) is 39.0 Å². The summed E-state index contributed by atoms with van der Waals surface area (Å²) in [5, 5.41) is 16.5. The molecule has 0 aliphatic carbocycles. The van der Waals surface area contributed by atoms with Crippen LogP contribution in [0.4, 0.5) is 0 Å². The van der Waals surface area contributed by atoms with Gasteiger partial charge in [0.15, 0.2) is 17.4 Å². The molecule has 1 N–H and O–H groups in total. The van der Waals surface area contributed by atoms with Crippen molar-refractivity contribution in [1.82, 2.24) is 5.32 Å². The molecule has 0 saturated heterocycles. The van der Waals surface area contributed by atoms with Gasteiger partial charge in [-0.25, -0.2) is 0 Å². The van der Waals surface area contributed by atoms with Gasteiger partial charge in [-0.05, 0) is 40.2 Å². The second-order valence-electron chi connectivity index (χ2n) is 8.35. The van der Waals surface area contributed by atoms with Crippen molar-refractivity contribution < 1.29 is 9.67 Å². The van der Waals surface area contributed by atoms with E-state index in [1.54, 1.807) is 10.6 Å². The minimum atomic E-state index is -0.101. The Morgan fingerprint density at radius 1 is 1.17 bits per heavy atom. The highest BCUT2D eigenvalue weighted by Gasteiger charge is 2.21. The third-order valence-corrected chi connectivity index (χ3v) is 5.48. The Morgan fingerprint density at radius 2 is 1.76 bits per heavy atom. The number of hydrogen-bond acceptors (Lipinski definition) is 2. The monoisotopic (exact) mass is 408 g/mol. The average Bonchev–Trinajstić information content (AvgIpc) is 2.71. The molecular weight excluding hydrogens is 376 g/mol. The SMILES string of the molecule is C=CCNC(=S)C(=C([O-])c1ccc(C(C)CC)cc1)[n+]1ccc(C(C)(C)C)cc1. The molecule has 1 aromatic heterocycles. The Hall–Kier alpha value is -2.46. The molecule has 0 aliphatic heterocycles. The van der Waals surface area contributed by atoms with Gasteiger partial charge in [0, 0.05) is 18.7 Å². The summed E-state index contributed by atoms with van der Waals surface area (Å²) in [5.74, 6) is 0.369.